The molecule has 0 aliphatic carbocycles. The quantitative estimate of drug-likeness (QED) is 0.660. The first-order valence-electron chi connectivity index (χ1n) is 7.09. The van der Waals surface area contributed by atoms with Crippen molar-refractivity contribution >= 4 is 15.9 Å². The molecule has 3 heteroatoms. The summed E-state index contributed by atoms with van der Waals surface area (Å²) in [6, 6.07) is 14.4. The minimum absolute atomic E-state index is 0.488. The van der Waals surface area contributed by atoms with Gasteiger partial charge in [0.15, 0.2) is 11.5 Å². The molecule has 0 saturated heterocycles. The first-order valence-corrected chi connectivity index (χ1v) is 8.21. The second-order valence-electron chi connectivity index (χ2n) is 5.26. The lowest BCUT2D eigenvalue weighted by atomic mass is 9.98. The number of benzene rings is 2. The summed E-state index contributed by atoms with van der Waals surface area (Å²) in [5.41, 5.74) is 3.72. The maximum Gasteiger partial charge on any atom is 0.161 e. The molecule has 0 aromatic heterocycles. The Balaban J connectivity index is 2.17. The predicted molar refractivity (Wildman–Crippen MR) is 90.5 cm³/mol. The number of alkyl halides is 1. The molecule has 112 valence electrons. The second-order valence-corrected chi connectivity index (χ2v) is 5.82. The highest BCUT2D eigenvalue weighted by molar-refractivity contribution is 9.08. The Morgan fingerprint density at radius 1 is 1.05 bits per heavy atom. The molecule has 0 aliphatic rings. The highest BCUT2D eigenvalue weighted by Gasteiger charge is 2.09. The van der Waals surface area contributed by atoms with Crippen molar-refractivity contribution in [2.24, 2.45) is 0 Å². The monoisotopic (exact) mass is 348 g/mol. The van der Waals surface area contributed by atoms with Crippen molar-refractivity contribution in [2.75, 3.05) is 7.11 Å². The van der Waals surface area contributed by atoms with E-state index in [0.29, 0.717) is 12.5 Å². The Kier molecular flexibility index (Phi) is 5.68. The van der Waals surface area contributed by atoms with E-state index < -0.39 is 0 Å². The summed E-state index contributed by atoms with van der Waals surface area (Å²) >= 11 is 3.45. The Bertz CT molecular complexity index is 594. The molecule has 0 saturated carbocycles. The van der Waals surface area contributed by atoms with Gasteiger partial charge in [0.1, 0.15) is 6.61 Å². The van der Waals surface area contributed by atoms with Crippen molar-refractivity contribution in [3.05, 3.63) is 59.2 Å². The largest absolute Gasteiger partial charge is 0.493 e. The third-order valence-corrected chi connectivity index (χ3v) is 4.09. The SMILES string of the molecule is COc1cc(CBr)ccc1OCc1ccccc1C(C)C. The van der Waals surface area contributed by atoms with E-state index in [9.17, 15) is 0 Å². The van der Waals surface area contributed by atoms with Crippen molar-refractivity contribution in [2.45, 2.75) is 31.7 Å². The number of rotatable bonds is 6. The highest BCUT2D eigenvalue weighted by atomic mass is 79.9. The topological polar surface area (TPSA) is 18.5 Å². The number of hydrogen-bond donors (Lipinski definition) is 0. The molecule has 0 fully saturated rings. The summed E-state index contributed by atoms with van der Waals surface area (Å²) in [4.78, 5) is 0. The van der Waals surface area contributed by atoms with Crippen molar-refractivity contribution in [3.63, 3.8) is 0 Å². The van der Waals surface area contributed by atoms with Crippen LogP contribution in [0.1, 0.15) is 36.5 Å². The third-order valence-electron chi connectivity index (χ3n) is 3.44. The molecule has 0 N–H and O–H groups in total. The fourth-order valence-electron chi connectivity index (χ4n) is 2.30. The molecule has 0 unspecified atom stereocenters. The summed E-state index contributed by atoms with van der Waals surface area (Å²) < 4.78 is 11.4. The first kappa shape index (κ1) is 15.9. The van der Waals surface area contributed by atoms with E-state index in [2.05, 4.69) is 54.0 Å². The van der Waals surface area contributed by atoms with Gasteiger partial charge in [0, 0.05) is 5.33 Å². The van der Waals surface area contributed by atoms with E-state index in [1.54, 1.807) is 7.11 Å². The van der Waals surface area contributed by atoms with Crippen molar-refractivity contribution in [1.82, 2.24) is 0 Å². The lowest BCUT2D eigenvalue weighted by molar-refractivity contribution is 0.283. The normalized spacial score (nSPS) is 10.7. The van der Waals surface area contributed by atoms with Crippen molar-refractivity contribution in [1.29, 1.82) is 0 Å². The number of hydrogen-bond acceptors (Lipinski definition) is 2. The predicted octanol–water partition coefficient (Wildman–Crippen LogP) is 5.29. The van der Waals surface area contributed by atoms with Crippen LogP contribution in [-0.2, 0) is 11.9 Å². The van der Waals surface area contributed by atoms with Crippen LogP contribution >= 0.6 is 15.9 Å². The van der Waals surface area contributed by atoms with E-state index in [1.165, 1.54) is 16.7 Å². The summed E-state index contributed by atoms with van der Waals surface area (Å²) in [5, 5.41) is 0.805. The van der Waals surface area contributed by atoms with Crippen LogP contribution in [-0.4, -0.2) is 7.11 Å². The van der Waals surface area contributed by atoms with Crippen LogP contribution in [0.25, 0.3) is 0 Å². The molecule has 0 heterocycles. The maximum atomic E-state index is 5.96. The van der Waals surface area contributed by atoms with Crippen LogP contribution in [0.3, 0.4) is 0 Å². The fraction of sp³-hybridized carbons (Fsp3) is 0.333. The zero-order valence-corrected chi connectivity index (χ0v) is 14.3. The van der Waals surface area contributed by atoms with Crippen LogP contribution in [0.4, 0.5) is 0 Å². The van der Waals surface area contributed by atoms with E-state index in [-0.39, 0.29) is 0 Å². The number of ether oxygens (including phenoxy) is 2. The molecule has 0 spiro atoms. The standard InChI is InChI=1S/C18H21BrO2/c1-13(2)16-7-5-4-6-15(16)12-21-17-9-8-14(11-19)10-18(17)20-3/h4-10,13H,11-12H2,1-3H3. The van der Waals surface area contributed by atoms with Crippen LogP contribution in [0.2, 0.25) is 0 Å². The lowest BCUT2D eigenvalue weighted by Crippen LogP contribution is -2.02. The summed E-state index contributed by atoms with van der Waals surface area (Å²) in [5.74, 6) is 2.04. The molecule has 0 aliphatic heterocycles. The van der Waals surface area contributed by atoms with Crippen LogP contribution < -0.4 is 9.47 Å². The molecule has 0 radical (unpaired) electrons. The Labute approximate surface area is 135 Å². The Morgan fingerprint density at radius 3 is 2.48 bits per heavy atom. The molecule has 2 aromatic carbocycles. The summed E-state index contributed by atoms with van der Waals surface area (Å²) in [7, 11) is 1.67. The number of methoxy groups -OCH3 is 1. The molecule has 2 rings (SSSR count). The van der Waals surface area contributed by atoms with Gasteiger partial charge in [-0.25, -0.2) is 0 Å². The number of halogens is 1. The fourth-order valence-corrected chi connectivity index (χ4v) is 2.65. The van der Waals surface area contributed by atoms with Crippen molar-refractivity contribution in [3.8, 4) is 11.5 Å². The van der Waals surface area contributed by atoms with Gasteiger partial charge in [-0.05, 0) is 34.7 Å². The summed E-state index contributed by atoms with van der Waals surface area (Å²) in [6.07, 6.45) is 0. The van der Waals surface area contributed by atoms with Gasteiger partial charge >= 0.3 is 0 Å². The molecule has 0 bridgehead atoms. The van der Waals surface area contributed by atoms with Gasteiger partial charge in [0.05, 0.1) is 7.11 Å². The zero-order valence-electron chi connectivity index (χ0n) is 12.7. The van der Waals surface area contributed by atoms with Gasteiger partial charge in [-0.2, -0.15) is 0 Å². The van der Waals surface area contributed by atoms with E-state index in [1.807, 2.05) is 18.2 Å². The minimum atomic E-state index is 0.488. The van der Waals surface area contributed by atoms with Crippen LogP contribution in [0.15, 0.2) is 42.5 Å². The van der Waals surface area contributed by atoms with Gasteiger partial charge in [-0.1, -0.05) is 60.1 Å². The van der Waals surface area contributed by atoms with Gasteiger partial charge in [-0.3, -0.25) is 0 Å². The molecule has 0 atom stereocenters. The molecular formula is C18H21BrO2. The van der Waals surface area contributed by atoms with Gasteiger partial charge in [0.25, 0.3) is 0 Å². The average Bonchev–Trinajstić information content (AvgIpc) is 2.52. The summed E-state index contributed by atoms with van der Waals surface area (Å²) in [6.45, 7) is 4.95. The molecule has 0 amide bonds. The Morgan fingerprint density at radius 2 is 1.81 bits per heavy atom. The van der Waals surface area contributed by atoms with Gasteiger partial charge in [-0.15, -0.1) is 0 Å². The van der Waals surface area contributed by atoms with Gasteiger partial charge < -0.3 is 9.47 Å². The van der Waals surface area contributed by atoms with Crippen LogP contribution in [0.5, 0.6) is 11.5 Å². The van der Waals surface area contributed by atoms with Gasteiger partial charge in [0.2, 0.25) is 0 Å². The molecular weight excluding hydrogens is 328 g/mol. The smallest absolute Gasteiger partial charge is 0.161 e. The van der Waals surface area contributed by atoms with E-state index in [0.717, 1.165) is 16.8 Å². The van der Waals surface area contributed by atoms with Crippen molar-refractivity contribution < 1.29 is 9.47 Å². The third kappa shape index (κ3) is 4.01. The van der Waals surface area contributed by atoms with E-state index in [4.69, 9.17) is 9.47 Å². The van der Waals surface area contributed by atoms with Crippen LogP contribution in [0, 0.1) is 0 Å². The Hall–Kier alpha value is -1.48. The lowest BCUT2D eigenvalue weighted by Gasteiger charge is -2.15. The van der Waals surface area contributed by atoms with E-state index >= 15 is 0 Å². The maximum absolute atomic E-state index is 5.96. The second kappa shape index (κ2) is 7.51. The molecule has 2 nitrogen and oxygen atoms in total. The molecule has 2 aromatic rings. The zero-order chi connectivity index (χ0) is 15.2. The molecule has 21 heavy (non-hydrogen) atoms. The first-order chi connectivity index (χ1) is 10.2. The minimum Gasteiger partial charge on any atom is -0.493 e. The highest BCUT2D eigenvalue weighted by Crippen LogP contribution is 2.30. The average molecular weight is 349 g/mol.